The van der Waals surface area contributed by atoms with Crippen LogP contribution in [0.1, 0.15) is 0 Å². The zero-order valence-corrected chi connectivity index (χ0v) is 7.86. The summed E-state index contributed by atoms with van der Waals surface area (Å²) in [6, 6.07) is 1.83. The van der Waals surface area contributed by atoms with Gasteiger partial charge in [-0.05, 0) is 6.07 Å². The Morgan fingerprint density at radius 2 is 1.79 bits per heavy atom. The predicted molar refractivity (Wildman–Crippen MR) is 54.2 cm³/mol. The molecular formula is C8H5N5S. The van der Waals surface area contributed by atoms with Crippen LogP contribution in [-0.2, 0) is 0 Å². The van der Waals surface area contributed by atoms with Crippen LogP contribution in [0.25, 0.3) is 22.1 Å². The molecule has 14 heavy (non-hydrogen) atoms. The molecule has 0 bridgehead atoms. The van der Waals surface area contributed by atoms with Crippen molar-refractivity contribution in [2.45, 2.75) is 4.90 Å². The fraction of sp³-hybridized carbons (Fsp3) is 0. The van der Waals surface area contributed by atoms with Crippen molar-refractivity contribution < 1.29 is 0 Å². The molecule has 1 N–H and O–H groups in total. The molecule has 0 radical (unpaired) electrons. The van der Waals surface area contributed by atoms with Crippen LogP contribution in [0.5, 0.6) is 0 Å². The van der Waals surface area contributed by atoms with Gasteiger partial charge < -0.3 is 0 Å². The average Bonchev–Trinajstić information content (AvgIpc) is 2.67. The number of aromatic nitrogens is 5. The standard InChI is InChI=1S/C8H5N5S/c14-5-3-4-6(10-2-1-9-4)8-7(5)11-13-12-8/h1-3,14H,(H,11,12,13). The van der Waals surface area contributed by atoms with E-state index in [0.29, 0.717) is 5.52 Å². The van der Waals surface area contributed by atoms with Crippen LogP contribution in [0.15, 0.2) is 23.4 Å². The van der Waals surface area contributed by atoms with Crippen molar-refractivity contribution in [3.8, 4) is 0 Å². The van der Waals surface area contributed by atoms with Crippen LogP contribution in [-0.4, -0.2) is 25.4 Å². The summed E-state index contributed by atoms with van der Waals surface area (Å²) in [4.78, 5) is 9.13. The van der Waals surface area contributed by atoms with E-state index in [2.05, 4.69) is 38.0 Å². The van der Waals surface area contributed by atoms with Crippen LogP contribution < -0.4 is 0 Å². The highest BCUT2D eigenvalue weighted by atomic mass is 32.1. The molecule has 0 aliphatic rings. The molecule has 2 heterocycles. The van der Waals surface area contributed by atoms with E-state index < -0.39 is 0 Å². The Morgan fingerprint density at radius 1 is 1.00 bits per heavy atom. The maximum Gasteiger partial charge on any atom is 0.141 e. The molecule has 0 unspecified atom stereocenters. The number of rotatable bonds is 0. The minimum atomic E-state index is 0.709. The molecule has 2 aromatic heterocycles. The number of hydrogen-bond acceptors (Lipinski definition) is 5. The predicted octanol–water partition coefficient (Wildman–Crippen LogP) is 1.19. The first-order chi connectivity index (χ1) is 6.86. The van der Waals surface area contributed by atoms with Gasteiger partial charge in [0.1, 0.15) is 16.6 Å². The normalized spacial score (nSPS) is 11.2. The lowest BCUT2D eigenvalue weighted by atomic mass is 10.2. The summed E-state index contributed by atoms with van der Waals surface area (Å²) in [5.74, 6) is 0. The van der Waals surface area contributed by atoms with Crippen molar-refractivity contribution in [3.63, 3.8) is 0 Å². The Hall–Kier alpha value is -1.69. The van der Waals surface area contributed by atoms with Crippen LogP contribution in [0.3, 0.4) is 0 Å². The highest BCUT2D eigenvalue weighted by Gasteiger charge is 2.09. The molecular weight excluding hydrogens is 198 g/mol. The van der Waals surface area contributed by atoms with Gasteiger partial charge in [0.25, 0.3) is 0 Å². The second-order valence-electron chi connectivity index (χ2n) is 2.84. The monoisotopic (exact) mass is 203 g/mol. The van der Waals surface area contributed by atoms with E-state index >= 15 is 0 Å². The zero-order chi connectivity index (χ0) is 9.54. The summed E-state index contributed by atoms with van der Waals surface area (Å²) < 4.78 is 0. The molecule has 0 saturated heterocycles. The summed E-state index contributed by atoms with van der Waals surface area (Å²) in [6.45, 7) is 0. The van der Waals surface area contributed by atoms with Gasteiger partial charge in [-0.3, -0.25) is 9.97 Å². The Morgan fingerprint density at radius 3 is 2.71 bits per heavy atom. The van der Waals surface area contributed by atoms with Crippen molar-refractivity contribution in [1.29, 1.82) is 0 Å². The van der Waals surface area contributed by atoms with Gasteiger partial charge in [-0.25, -0.2) is 0 Å². The first-order valence-electron chi connectivity index (χ1n) is 3.99. The van der Waals surface area contributed by atoms with Gasteiger partial charge in [-0.2, -0.15) is 15.4 Å². The van der Waals surface area contributed by atoms with Crippen LogP contribution in [0.2, 0.25) is 0 Å². The van der Waals surface area contributed by atoms with E-state index in [-0.39, 0.29) is 0 Å². The number of H-pyrrole nitrogens is 1. The smallest absolute Gasteiger partial charge is 0.141 e. The fourth-order valence-electron chi connectivity index (χ4n) is 1.41. The van der Waals surface area contributed by atoms with Gasteiger partial charge >= 0.3 is 0 Å². The highest BCUT2D eigenvalue weighted by Crippen LogP contribution is 2.24. The molecule has 3 rings (SSSR count). The number of nitrogens with one attached hydrogen (secondary N) is 1. The van der Waals surface area contributed by atoms with E-state index in [9.17, 15) is 0 Å². The van der Waals surface area contributed by atoms with E-state index in [1.165, 1.54) is 0 Å². The molecule has 3 aromatic rings. The van der Waals surface area contributed by atoms with Gasteiger partial charge in [-0.1, -0.05) is 0 Å². The number of fused-ring (bicyclic) bond motifs is 3. The summed E-state index contributed by atoms with van der Waals surface area (Å²) in [5, 5.41) is 10.6. The van der Waals surface area contributed by atoms with Crippen molar-refractivity contribution in [3.05, 3.63) is 18.5 Å². The number of benzene rings is 1. The molecule has 5 nitrogen and oxygen atoms in total. The third-order valence-electron chi connectivity index (χ3n) is 2.01. The lowest BCUT2D eigenvalue weighted by molar-refractivity contribution is 0.957. The van der Waals surface area contributed by atoms with Crippen molar-refractivity contribution in [1.82, 2.24) is 25.4 Å². The first-order valence-corrected chi connectivity index (χ1v) is 4.44. The van der Waals surface area contributed by atoms with E-state index in [1.807, 2.05) is 6.07 Å². The van der Waals surface area contributed by atoms with Crippen LogP contribution in [0, 0.1) is 0 Å². The molecule has 0 amide bonds. The van der Waals surface area contributed by atoms with Crippen molar-refractivity contribution in [2.75, 3.05) is 0 Å². The summed E-state index contributed by atoms with van der Waals surface area (Å²) in [6.07, 6.45) is 3.27. The summed E-state index contributed by atoms with van der Waals surface area (Å²) >= 11 is 4.30. The van der Waals surface area contributed by atoms with Gasteiger partial charge in [0, 0.05) is 17.3 Å². The number of nitrogens with zero attached hydrogens (tertiary/aromatic N) is 4. The molecule has 0 saturated carbocycles. The minimum Gasteiger partial charge on any atom is -0.253 e. The average molecular weight is 203 g/mol. The number of aromatic amines is 1. The van der Waals surface area contributed by atoms with Crippen molar-refractivity contribution >= 4 is 34.7 Å². The van der Waals surface area contributed by atoms with E-state index in [1.54, 1.807) is 12.4 Å². The minimum absolute atomic E-state index is 0.709. The van der Waals surface area contributed by atoms with Crippen LogP contribution in [0.4, 0.5) is 0 Å². The molecule has 0 fully saturated rings. The second kappa shape index (κ2) is 2.65. The zero-order valence-electron chi connectivity index (χ0n) is 6.97. The molecule has 68 valence electrons. The third kappa shape index (κ3) is 0.912. The SMILES string of the molecule is Sc1cc2nccnc2c2n[nH]nc12. The summed E-state index contributed by atoms with van der Waals surface area (Å²) in [7, 11) is 0. The number of thiol groups is 1. The largest absolute Gasteiger partial charge is 0.253 e. The molecule has 0 spiro atoms. The molecule has 6 heteroatoms. The molecule has 0 atom stereocenters. The lowest BCUT2D eigenvalue weighted by Crippen LogP contribution is -1.85. The Labute approximate surface area is 84.0 Å². The maximum atomic E-state index is 4.30. The quantitative estimate of drug-likeness (QED) is 0.538. The second-order valence-corrected chi connectivity index (χ2v) is 3.32. The molecule has 1 aromatic carbocycles. The van der Waals surface area contributed by atoms with Crippen molar-refractivity contribution in [2.24, 2.45) is 0 Å². The van der Waals surface area contributed by atoms with Gasteiger partial charge in [0.05, 0.1) is 5.52 Å². The Bertz CT molecular complexity index is 617. The van der Waals surface area contributed by atoms with Crippen LogP contribution >= 0.6 is 12.6 Å². The summed E-state index contributed by atoms with van der Waals surface area (Å²) in [5.41, 5.74) is 2.95. The fourth-order valence-corrected chi connectivity index (χ4v) is 1.69. The van der Waals surface area contributed by atoms with Gasteiger partial charge in [-0.15, -0.1) is 12.6 Å². The third-order valence-corrected chi connectivity index (χ3v) is 2.36. The van der Waals surface area contributed by atoms with E-state index in [4.69, 9.17) is 0 Å². The highest BCUT2D eigenvalue weighted by molar-refractivity contribution is 7.80. The number of hydrogen-bond donors (Lipinski definition) is 2. The Kier molecular flexibility index (Phi) is 1.45. The van der Waals surface area contributed by atoms with Gasteiger partial charge in [0.15, 0.2) is 0 Å². The molecule has 0 aliphatic carbocycles. The van der Waals surface area contributed by atoms with Gasteiger partial charge in [0.2, 0.25) is 0 Å². The molecule has 0 aliphatic heterocycles. The lowest BCUT2D eigenvalue weighted by Gasteiger charge is -1.97. The Balaban J connectivity index is 2.66. The maximum absolute atomic E-state index is 4.30. The topological polar surface area (TPSA) is 67.3 Å². The first kappa shape index (κ1) is 7.69. The van der Waals surface area contributed by atoms with E-state index in [0.717, 1.165) is 21.4 Å².